The molecule has 0 aliphatic carbocycles. The molecule has 7 nitrogen and oxygen atoms in total. The van der Waals surface area contributed by atoms with E-state index in [-0.39, 0.29) is 6.04 Å². The Labute approximate surface area is 232 Å². The molecular weight excluding hydrogens is 506 g/mol. The maximum Gasteiger partial charge on any atom is 0.159 e. The van der Waals surface area contributed by atoms with Gasteiger partial charge in [0.05, 0.1) is 41.7 Å². The van der Waals surface area contributed by atoms with E-state index in [4.69, 9.17) is 4.74 Å². The van der Waals surface area contributed by atoms with E-state index in [2.05, 4.69) is 52.4 Å². The van der Waals surface area contributed by atoms with E-state index >= 15 is 0 Å². The number of allylic oxidation sites excluding steroid dienone is 1. The lowest BCUT2D eigenvalue weighted by Gasteiger charge is -2.27. The predicted molar refractivity (Wildman–Crippen MR) is 157 cm³/mol. The third kappa shape index (κ3) is 6.00. The minimum atomic E-state index is 0.0319. The molecule has 0 spiro atoms. The Hall–Kier alpha value is -4.06. The van der Waals surface area contributed by atoms with E-state index in [9.17, 15) is 10.1 Å². The minimum Gasteiger partial charge on any atom is -0.490 e. The number of benzene rings is 2. The van der Waals surface area contributed by atoms with Crippen molar-refractivity contribution in [3.63, 3.8) is 0 Å². The molecule has 2 aromatic carbocycles. The third-order valence-electron chi connectivity index (χ3n) is 7.28. The largest absolute Gasteiger partial charge is 0.490 e. The Kier molecular flexibility index (Phi) is 8.30. The van der Waals surface area contributed by atoms with Crippen molar-refractivity contribution >= 4 is 38.8 Å². The molecule has 5 rings (SSSR count). The number of nitrogens with one attached hydrogen (secondary N) is 1. The van der Waals surface area contributed by atoms with Gasteiger partial charge in [-0.15, -0.1) is 11.3 Å². The second-order valence-electron chi connectivity index (χ2n) is 9.80. The van der Waals surface area contributed by atoms with Gasteiger partial charge in [0.2, 0.25) is 0 Å². The van der Waals surface area contributed by atoms with Gasteiger partial charge < -0.3 is 15.0 Å². The van der Waals surface area contributed by atoms with Crippen LogP contribution in [0.2, 0.25) is 0 Å². The van der Waals surface area contributed by atoms with E-state index in [1.807, 2.05) is 36.4 Å². The van der Waals surface area contributed by atoms with Crippen molar-refractivity contribution in [2.24, 2.45) is 5.92 Å². The molecule has 0 saturated carbocycles. The number of nitriles is 1. The molecule has 39 heavy (non-hydrogen) atoms. The molecule has 0 radical (unpaired) electrons. The molecule has 0 amide bonds. The molecular formula is C31H31N5O2S. The first-order valence-electron chi connectivity index (χ1n) is 13.1. The highest BCUT2D eigenvalue weighted by Gasteiger charge is 2.20. The van der Waals surface area contributed by atoms with Crippen LogP contribution < -0.4 is 15.0 Å². The molecule has 198 valence electrons. The van der Waals surface area contributed by atoms with Crippen LogP contribution in [0.3, 0.4) is 0 Å². The maximum absolute atomic E-state index is 11.1. The lowest BCUT2D eigenvalue weighted by molar-refractivity contribution is -0.104. The number of piperidine rings is 1. The highest BCUT2D eigenvalue weighted by Crippen LogP contribution is 2.42. The molecule has 3 heterocycles. The van der Waals surface area contributed by atoms with Crippen LogP contribution in [0.1, 0.15) is 42.5 Å². The van der Waals surface area contributed by atoms with Gasteiger partial charge in [-0.3, -0.25) is 4.79 Å². The van der Waals surface area contributed by atoms with Crippen LogP contribution in [-0.2, 0) is 4.79 Å². The van der Waals surface area contributed by atoms with E-state index < -0.39 is 0 Å². The third-order valence-corrected chi connectivity index (χ3v) is 8.56. The molecule has 1 saturated heterocycles. The number of fused-ring (bicyclic) bond motifs is 1. The quantitative estimate of drug-likeness (QED) is 0.206. The fraction of sp³-hybridized carbons (Fsp3) is 0.290. The van der Waals surface area contributed by atoms with Crippen LogP contribution >= 0.6 is 11.3 Å². The van der Waals surface area contributed by atoms with Crippen molar-refractivity contribution in [3.05, 3.63) is 77.6 Å². The number of carbonyl (C=O) groups excluding carboxylic acids is 1. The summed E-state index contributed by atoms with van der Waals surface area (Å²) >= 11 is 1.65. The first-order valence-corrected chi connectivity index (χ1v) is 14.0. The monoisotopic (exact) mass is 537 g/mol. The molecule has 4 aromatic rings. The average Bonchev–Trinajstić information content (AvgIpc) is 3.36. The fourth-order valence-electron chi connectivity index (χ4n) is 4.87. The SMILES string of the molecule is CC(c1cccc(-c2ncc(OCC3CCNCC3)cn2)c1)N(C)c1sc2ccc(C#N)cc2c1/C=C\C=O. The van der Waals surface area contributed by atoms with Gasteiger partial charge >= 0.3 is 0 Å². The van der Waals surface area contributed by atoms with Crippen molar-refractivity contribution in [3.8, 4) is 23.2 Å². The molecule has 1 aliphatic rings. The first kappa shape index (κ1) is 26.5. The predicted octanol–water partition coefficient (Wildman–Crippen LogP) is 6.02. The Morgan fingerprint density at radius 3 is 2.74 bits per heavy atom. The standard InChI is InChI=1S/C31H31N5O2S/c1-21(36(2)31-27(7-4-14-37)28-15-23(17-32)8-9-29(28)39-31)24-5-3-6-25(16-24)30-34-18-26(19-35-30)38-20-22-10-12-33-13-11-22/h3-9,14-16,18-19,21-22,33H,10-13,20H2,1-2H3/b7-4-. The number of hydrogen-bond acceptors (Lipinski definition) is 8. The molecule has 1 aliphatic heterocycles. The summed E-state index contributed by atoms with van der Waals surface area (Å²) in [6.45, 7) is 4.95. The number of rotatable bonds is 9. The summed E-state index contributed by atoms with van der Waals surface area (Å²) in [7, 11) is 2.05. The minimum absolute atomic E-state index is 0.0319. The second kappa shape index (κ2) is 12.2. The molecule has 1 fully saturated rings. The highest BCUT2D eigenvalue weighted by molar-refractivity contribution is 7.23. The Bertz CT molecular complexity index is 1520. The van der Waals surface area contributed by atoms with Crippen LogP contribution in [0.4, 0.5) is 5.00 Å². The molecule has 2 aromatic heterocycles. The zero-order valence-electron chi connectivity index (χ0n) is 22.1. The Morgan fingerprint density at radius 2 is 2.00 bits per heavy atom. The van der Waals surface area contributed by atoms with Crippen LogP contribution in [-0.4, -0.2) is 43.0 Å². The second-order valence-corrected chi connectivity index (χ2v) is 10.8. The Morgan fingerprint density at radius 1 is 1.21 bits per heavy atom. The van der Waals surface area contributed by atoms with Crippen LogP contribution in [0, 0.1) is 17.2 Å². The number of nitrogens with zero attached hydrogens (tertiary/aromatic N) is 4. The maximum atomic E-state index is 11.1. The number of thiophene rings is 1. The van der Waals surface area contributed by atoms with Crippen molar-refractivity contribution in [1.29, 1.82) is 5.26 Å². The van der Waals surface area contributed by atoms with Gasteiger partial charge in [0, 0.05) is 28.3 Å². The van der Waals surface area contributed by atoms with Crippen LogP contribution in [0.15, 0.2) is 60.9 Å². The molecule has 8 heteroatoms. The van der Waals surface area contributed by atoms with Crippen molar-refractivity contribution in [1.82, 2.24) is 15.3 Å². The summed E-state index contributed by atoms with van der Waals surface area (Å²) in [6, 6.07) is 16.2. The topological polar surface area (TPSA) is 91.1 Å². The number of ether oxygens (including phenoxy) is 1. The van der Waals surface area contributed by atoms with Crippen molar-refractivity contribution in [2.45, 2.75) is 25.8 Å². The molecule has 1 N–H and O–H groups in total. The zero-order valence-corrected chi connectivity index (χ0v) is 22.9. The van der Waals surface area contributed by atoms with E-state index in [0.29, 0.717) is 29.7 Å². The van der Waals surface area contributed by atoms with Gasteiger partial charge in [0.15, 0.2) is 11.6 Å². The fourth-order valence-corrected chi connectivity index (χ4v) is 6.08. The van der Waals surface area contributed by atoms with E-state index in [1.54, 1.807) is 23.7 Å². The normalized spacial score (nSPS) is 14.8. The van der Waals surface area contributed by atoms with E-state index in [0.717, 1.165) is 64.0 Å². The zero-order chi connectivity index (χ0) is 27.2. The number of anilines is 1. The lowest BCUT2D eigenvalue weighted by Crippen LogP contribution is -2.30. The summed E-state index contributed by atoms with van der Waals surface area (Å²) < 4.78 is 7.02. The van der Waals surface area contributed by atoms with Gasteiger partial charge in [0.25, 0.3) is 0 Å². The number of aldehydes is 1. The highest BCUT2D eigenvalue weighted by atomic mass is 32.1. The number of hydrogen-bond donors (Lipinski definition) is 1. The molecule has 1 atom stereocenters. The van der Waals surface area contributed by atoms with Gasteiger partial charge in [0.1, 0.15) is 6.29 Å². The van der Waals surface area contributed by atoms with Crippen molar-refractivity contribution < 1.29 is 9.53 Å². The smallest absolute Gasteiger partial charge is 0.159 e. The van der Waals surface area contributed by atoms with Crippen LogP contribution in [0.5, 0.6) is 5.75 Å². The molecule has 1 unspecified atom stereocenters. The summed E-state index contributed by atoms with van der Waals surface area (Å²) in [6.07, 6.45) is 9.88. The lowest BCUT2D eigenvalue weighted by atomic mass is 9.99. The summed E-state index contributed by atoms with van der Waals surface area (Å²) in [5.41, 5.74) is 3.59. The van der Waals surface area contributed by atoms with Gasteiger partial charge in [-0.2, -0.15) is 5.26 Å². The Balaban J connectivity index is 1.36. The van der Waals surface area contributed by atoms with Crippen LogP contribution in [0.25, 0.3) is 27.6 Å². The average molecular weight is 538 g/mol. The van der Waals surface area contributed by atoms with Gasteiger partial charge in [-0.05, 0) is 80.8 Å². The van der Waals surface area contributed by atoms with Gasteiger partial charge in [-0.1, -0.05) is 18.2 Å². The van der Waals surface area contributed by atoms with E-state index in [1.165, 1.54) is 6.08 Å². The summed E-state index contributed by atoms with van der Waals surface area (Å²) in [5.74, 6) is 1.92. The summed E-state index contributed by atoms with van der Waals surface area (Å²) in [4.78, 5) is 22.5. The summed E-state index contributed by atoms with van der Waals surface area (Å²) in [5, 5.41) is 14.8. The number of carbonyl (C=O) groups is 1. The first-order chi connectivity index (χ1) is 19.1. The van der Waals surface area contributed by atoms with Crippen molar-refractivity contribution in [2.75, 3.05) is 31.6 Å². The molecule has 0 bridgehead atoms. The van der Waals surface area contributed by atoms with Gasteiger partial charge in [-0.25, -0.2) is 9.97 Å². The number of aromatic nitrogens is 2.